The number of halogens is 1. The fraction of sp³-hybridized carbons (Fsp3) is 0.533. The van der Waals surface area contributed by atoms with E-state index in [0.717, 1.165) is 18.4 Å². The molecule has 0 amide bonds. The number of carboxylic acid groups (broad SMARTS) is 1. The van der Waals surface area contributed by atoms with Gasteiger partial charge in [0.05, 0.1) is 18.6 Å². The summed E-state index contributed by atoms with van der Waals surface area (Å²) >= 11 is 6.31. The third-order valence-electron chi connectivity index (χ3n) is 4.03. The number of ether oxygens (including phenoxy) is 1. The summed E-state index contributed by atoms with van der Waals surface area (Å²) in [4.78, 5) is 11.1. The number of phenols is 1. The lowest BCUT2D eigenvalue weighted by Gasteiger charge is -2.23. The summed E-state index contributed by atoms with van der Waals surface area (Å²) in [5.74, 6) is -0.397. The summed E-state index contributed by atoms with van der Waals surface area (Å²) in [6.07, 6.45) is 1.98. The van der Waals surface area contributed by atoms with E-state index < -0.39 is 5.97 Å². The molecule has 0 aliphatic heterocycles. The van der Waals surface area contributed by atoms with Crippen molar-refractivity contribution in [1.29, 1.82) is 0 Å². The maximum absolute atomic E-state index is 11.1. The largest absolute Gasteiger partial charge is 0.504 e. The molecule has 20 heavy (non-hydrogen) atoms. The normalized spacial score (nSPS) is 16.0. The Morgan fingerprint density at radius 1 is 1.40 bits per heavy atom. The first-order chi connectivity index (χ1) is 9.38. The Morgan fingerprint density at radius 2 is 2.00 bits per heavy atom. The van der Waals surface area contributed by atoms with Gasteiger partial charge in [-0.05, 0) is 38.2 Å². The number of hydrogen-bond acceptors (Lipinski definition) is 3. The topological polar surface area (TPSA) is 66.8 Å². The number of benzene rings is 1. The second-order valence-corrected chi connectivity index (χ2v) is 5.78. The lowest BCUT2D eigenvalue weighted by atomic mass is 9.86. The second-order valence-electron chi connectivity index (χ2n) is 5.40. The van der Waals surface area contributed by atoms with Crippen molar-refractivity contribution >= 4 is 17.6 Å². The number of rotatable bonds is 5. The van der Waals surface area contributed by atoms with Crippen molar-refractivity contribution in [2.24, 2.45) is 5.92 Å². The maximum atomic E-state index is 11.1. The number of carbonyl (C=O) groups is 1. The van der Waals surface area contributed by atoms with E-state index in [4.69, 9.17) is 21.4 Å². The zero-order valence-electron chi connectivity index (χ0n) is 11.9. The van der Waals surface area contributed by atoms with Crippen molar-refractivity contribution in [3.05, 3.63) is 21.7 Å². The minimum atomic E-state index is -0.864. The summed E-state index contributed by atoms with van der Waals surface area (Å²) in [5, 5.41) is 20.1. The lowest BCUT2D eigenvalue weighted by molar-refractivity contribution is -0.137. The molecule has 0 radical (unpaired) electrons. The zero-order chi connectivity index (χ0) is 15.0. The molecule has 1 aromatic carbocycles. The van der Waals surface area contributed by atoms with Crippen molar-refractivity contribution < 1.29 is 19.7 Å². The number of carboxylic acids is 1. The molecule has 0 heterocycles. The van der Waals surface area contributed by atoms with E-state index in [1.807, 2.05) is 6.92 Å². The van der Waals surface area contributed by atoms with Crippen molar-refractivity contribution in [2.45, 2.75) is 39.0 Å². The van der Waals surface area contributed by atoms with Gasteiger partial charge < -0.3 is 14.9 Å². The number of aliphatic carboxylic acids is 1. The van der Waals surface area contributed by atoms with Gasteiger partial charge in [-0.1, -0.05) is 11.6 Å². The van der Waals surface area contributed by atoms with E-state index in [-0.39, 0.29) is 18.1 Å². The van der Waals surface area contributed by atoms with Crippen LogP contribution in [0.1, 0.15) is 41.9 Å². The molecule has 1 saturated carbocycles. The van der Waals surface area contributed by atoms with Gasteiger partial charge in [0.2, 0.25) is 0 Å². The number of methoxy groups -OCH3 is 1. The van der Waals surface area contributed by atoms with Crippen molar-refractivity contribution in [3.63, 3.8) is 0 Å². The van der Waals surface area contributed by atoms with Crippen molar-refractivity contribution in [3.8, 4) is 11.5 Å². The molecule has 1 atom stereocenters. The van der Waals surface area contributed by atoms with Crippen LogP contribution in [0.15, 0.2) is 0 Å². The quantitative estimate of drug-likeness (QED) is 0.871. The van der Waals surface area contributed by atoms with Crippen LogP contribution in [0.2, 0.25) is 5.02 Å². The second kappa shape index (κ2) is 5.52. The highest BCUT2D eigenvalue weighted by atomic mass is 35.5. The molecule has 4 nitrogen and oxygen atoms in total. The fourth-order valence-electron chi connectivity index (χ4n) is 2.87. The molecule has 1 fully saturated rings. The summed E-state index contributed by atoms with van der Waals surface area (Å²) in [7, 11) is 1.47. The van der Waals surface area contributed by atoms with E-state index >= 15 is 0 Å². The standard InChI is InChI=1S/C15H19ClO4/c1-7-12(10(6-11(17)18)9-4-5-9)14(19)15(20-3)8(2)13(7)16/h9-10,19H,4-6H2,1-3H3,(H,17,18). The molecule has 0 spiro atoms. The molecule has 1 aliphatic carbocycles. The Labute approximate surface area is 123 Å². The molecule has 0 saturated heterocycles. The van der Waals surface area contributed by atoms with Crippen LogP contribution in [0.5, 0.6) is 11.5 Å². The van der Waals surface area contributed by atoms with Gasteiger partial charge in [-0.25, -0.2) is 0 Å². The predicted molar refractivity (Wildman–Crippen MR) is 76.9 cm³/mol. The average Bonchev–Trinajstić information content (AvgIpc) is 3.19. The van der Waals surface area contributed by atoms with E-state index in [2.05, 4.69) is 0 Å². The maximum Gasteiger partial charge on any atom is 0.303 e. The van der Waals surface area contributed by atoms with Crippen LogP contribution < -0.4 is 4.74 Å². The molecular weight excluding hydrogens is 280 g/mol. The highest BCUT2D eigenvalue weighted by Crippen LogP contribution is 2.52. The molecule has 2 rings (SSSR count). The van der Waals surface area contributed by atoms with E-state index in [9.17, 15) is 9.90 Å². The minimum Gasteiger partial charge on any atom is -0.504 e. The third-order valence-corrected chi connectivity index (χ3v) is 4.60. The van der Waals surface area contributed by atoms with Crippen LogP contribution in [-0.4, -0.2) is 23.3 Å². The van der Waals surface area contributed by atoms with Gasteiger partial charge in [-0.2, -0.15) is 0 Å². The van der Waals surface area contributed by atoms with Crippen LogP contribution >= 0.6 is 11.6 Å². The first-order valence-electron chi connectivity index (χ1n) is 6.65. The van der Waals surface area contributed by atoms with Gasteiger partial charge in [0.25, 0.3) is 0 Å². The monoisotopic (exact) mass is 298 g/mol. The van der Waals surface area contributed by atoms with Crippen LogP contribution in [0.25, 0.3) is 0 Å². The average molecular weight is 299 g/mol. The summed E-state index contributed by atoms with van der Waals surface area (Å²) in [6, 6.07) is 0. The Morgan fingerprint density at radius 3 is 2.45 bits per heavy atom. The number of phenolic OH excluding ortho intramolecular Hbond substituents is 1. The molecule has 5 heteroatoms. The van der Waals surface area contributed by atoms with Crippen LogP contribution in [0, 0.1) is 19.8 Å². The molecule has 0 aromatic heterocycles. The van der Waals surface area contributed by atoms with Crippen LogP contribution in [0.4, 0.5) is 0 Å². The Hall–Kier alpha value is -1.42. The van der Waals surface area contributed by atoms with Gasteiger partial charge in [0, 0.05) is 17.0 Å². The molecule has 1 aliphatic rings. The number of aromatic hydroxyl groups is 1. The van der Waals surface area contributed by atoms with Crippen molar-refractivity contribution in [2.75, 3.05) is 7.11 Å². The Bertz CT molecular complexity index is 550. The predicted octanol–water partition coefficient (Wildman–Crippen LogP) is 3.64. The molecule has 1 unspecified atom stereocenters. The SMILES string of the molecule is COc1c(C)c(Cl)c(C)c(C(CC(=O)O)C2CC2)c1O. The zero-order valence-corrected chi connectivity index (χ0v) is 12.6. The summed E-state index contributed by atoms with van der Waals surface area (Å²) in [6.45, 7) is 3.60. The molecule has 0 bridgehead atoms. The lowest BCUT2D eigenvalue weighted by Crippen LogP contribution is -2.11. The molecule has 110 valence electrons. The van der Waals surface area contributed by atoms with Gasteiger partial charge in [-0.15, -0.1) is 0 Å². The van der Waals surface area contributed by atoms with E-state index in [1.165, 1.54) is 7.11 Å². The third kappa shape index (κ3) is 2.57. The Balaban J connectivity index is 2.59. The first-order valence-corrected chi connectivity index (χ1v) is 7.03. The Kier molecular flexibility index (Phi) is 4.14. The van der Waals surface area contributed by atoms with Crippen LogP contribution in [0.3, 0.4) is 0 Å². The fourth-order valence-corrected chi connectivity index (χ4v) is 3.06. The summed E-state index contributed by atoms with van der Waals surface area (Å²) < 4.78 is 5.23. The van der Waals surface area contributed by atoms with Crippen LogP contribution in [-0.2, 0) is 4.79 Å². The van der Waals surface area contributed by atoms with Gasteiger partial charge in [-0.3, -0.25) is 4.79 Å². The number of hydrogen-bond donors (Lipinski definition) is 2. The highest BCUT2D eigenvalue weighted by molar-refractivity contribution is 6.32. The minimum absolute atomic E-state index is 0.00160. The molecule has 1 aromatic rings. The van der Waals surface area contributed by atoms with Crippen molar-refractivity contribution in [1.82, 2.24) is 0 Å². The molecular formula is C15H19ClO4. The molecule has 2 N–H and O–H groups in total. The van der Waals surface area contributed by atoms with E-state index in [1.54, 1.807) is 6.92 Å². The van der Waals surface area contributed by atoms with E-state index in [0.29, 0.717) is 27.8 Å². The first kappa shape index (κ1) is 15.0. The highest BCUT2D eigenvalue weighted by Gasteiger charge is 2.37. The van der Waals surface area contributed by atoms with Gasteiger partial charge in [0.15, 0.2) is 11.5 Å². The smallest absolute Gasteiger partial charge is 0.303 e. The van der Waals surface area contributed by atoms with Gasteiger partial charge in [0.1, 0.15) is 0 Å². The van der Waals surface area contributed by atoms with Gasteiger partial charge >= 0.3 is 5.97 Å². The summed E-state index contributed by atoms with van der Waals surface area (Å²) in [5.41, 5.74) is 2.06.